The Morgan fingerprint density at radius 1 is 1.28 bits per heavy atom. The van der Waals surface area contributed by atoms with Gasteiger partial charge in [0.1, 0.15) is 6.54 Å². The largest absolute Gasteiger partial charge is 0.271 e. The number of nitro groups is 1. The molecule has 0 fully saturated rings. The summed E-state index contributed by atoms with van der Waals surface area (Å²) in [6.07, 6.45) is 0.984. The number of hydrazone groups is 1. The third-order valence-corrected chi connectivity index (χ3v) is 5.55. The first kappa shape index (κ1) is 22.3. The topological polar surface area (TPSA) is 122 Å². The van der Waals surface area contributed by atoms with Crippen molar-refractivity contribution in [1.82, 2.24) is 5.43 Å². The third-order valence-electron chi connectivity index (χ3n) is 4.02. The summed E-state index contributed by atoms with van der Waals surface area (Å²) in [4.78, 5) is 22.6. The lowest BCUT2D eigenvalue weighted by molar-refractivity contribution is -0.384. The summed E-state index contributed by atoms with van der Waals surface area (Å²) in [6, 6.07) is 10.5. The standard InChI is InChI=1S/C18H19ClN4O5S/c1-12-16(19)8-5-9-17(12)22(29(3,27)28)11-18(24)21-20-13(2)14-6-4-7-15(10-14)23(25)26/h4-10H,11H2,1-3H3,(H,21,24)/b20-13-. The molecule has 0 saturated carbocycles. The summed E-state index contributed by atoms with van der Waals surface area (Å²) in [7, 11) is -3.77. The Morgan fingerprint density at radius 2 is 1.93 bits per heavy atom. The first-order chi connectivity index (χ1) is 13.5. The molecule has 11 heteroatoms. The van der Waals surface area contributed by atoms with Gasteiger partial charge in [-0.15, -0.1) is 0 Å². The maximum atomic E-state index is 12.3. The van der Waals surface area contributed by atoms with Crippen LogP contribution in [0.5, 0.6) is 0 Å². The highest BCUT2D eigenvalue weighted by molar-refractivity contribution is 7.92. The molecule has 1 amide bonds. The molecule has 0 aliphatic heterocycles. The van der Waals surface area contributed by atoms with Crippen LogP contribution in [0.1, 0.15) is 18.1 Å². The van der Waals surface area contributed by atoms with E-state index in [0.717, 1.165) is 10.6 Å². The average molecular weight is 439 g/mol. The Kier molecular flexibility index (Phi) is 6.93. The quantitative estimate of drug-likeness (QED) is 0.404. The van der Waals surface area contributed by atoms with Gasteiger partial charge in [-0.2, -0.15) is 5.10 Å². The van der Waals surface area contributed by atoms with E-state index in [1.165, 1.54) is 18.2 Å². The molecule has 0 bridgehead atoms. The minimum absolute atomic E-state index is 0.108. The fourth-order valence-corrected chi connectivity index (χ4v) is 3.54. The molecule has 29 heavy (non-hydrogen) atoms. The molecular weight excluding hydrogens is 420 g/mol. The molecule has 0 radical (unpaired) electrons. The third kappa shape index (κ3) is 5.75. The lowest BCUT2D eigenvalue weighted by Crippen LogP contribution is -2.39. The fourth-order valence-electron chi connectivity index (χ4n) is 2.47. The number of rotatable bonds is 7. The van der Waals surface area contributed by atoms with Crippen LogP contribution in [0.4, 0.5) is 11.4 Å². The fraction of sp³-hybridized carbons (Fsp3) is 0.222. The number of non-ortho nitro benzene ring substituents is 1. The van der Waals surface area contributed by atoms with E-state index in [-0.39, 0.29) is 11.4 Å². The van der Waals surface area contributed by atoms with Crippen LogP contribution < -0.4 is 9.73 Å². The number of carbonyl (C=O) groups is 1. The van der Waals surface area contributed by atoms with Crippen LogP contribution in [0.3, 0.4) is 0 Å². The number of nitrogens with one attached hydrogen (secondary N) is 1. The predicted octanol–water partition coefficient (Wildman–Crippen LogP) is 2.86. The van der Waals surface area contributed by atoms with Crippen LogP contribution >= 0.6 is 11.6 Å². The van der Waals surface area contributed by atoms with Gasteiger partial charge in [-0.05, 0) is 31.5 Å². The van der Waals surface area contributed by atoms with Gasteiger partial charge in [0.15, 0.2) is 0 Å². The summed E-state index contributed by atoms with van der Waals surface area (Å²) in [5, 5.41) is 15.1. The first-order valence-electron chi connectivity index (χ1n) is 8.31. The minimum Gasteiger partial charge on any atom is -0.271 e. The van der Waals surface area contributed by atoms with Crippen molar-refractivity contribution in [2.24, 2.45) is 5.10 Å². The van der Waals surface area contributed by atoms with Crippen molar-refractivity contribution in [1.29, 1.82) is 0 Å². The Hall–Kier alpha value is -2.98. The van der Waals surface area contributed by atoms with Crippen molar-refractivity contribution in [3.8, 4) is 0 Å². The highest BCUT2D eigenvalue weighted by Crippen LogP contribution is 2.28. The zero-order chi connectivity index (χ0) is 21.8. The smallest absolute Gasteiger partial charge is 0.270 e. The first-order valence-corrected chi connectivity index (χ1v) is 10.5. The number of amides is 1. The number of hydrogen-bond acceptors (Lipinski definition) is 6. The van der Waals surface area contributed by atoms with Crippen LogP contribution in [-0.4, -0.2) is 37.8 Å². The zero-order valence-electron chi connectivity index (χ0n) is 15.9. The molecular formula is C18H19ClN4O5S. The van der Waals surface area contributed by atoms with E-state index in [9.17, 15) is 23.3 Å². The molecule has 2 rings (SSSR count). The predicted molar refractivity (Wildman–Crippen MR) is 112 cm³/mol. The molecule has 1 N–H and O–H groups in total. The molecule has 0 aliphatic carbocycles. The van der Waals surface area contributed by atoms with Crippen LogP contribution in [0, 0.1) is 17.0 Å². The molecule has 2 aromatic rings. The molecule has 0 aliphatic rings. The van der Waals surface area contributed by atoms with E-state index >= 15 is 0 Å². The maximum absolute atomic E-state index is 12.3. The molecule has 0 unspecified atom stereocenters. The van der Waals surface area contributed by atoms with Crippen molar-refractivity contribution >= 4 is 44.6 Å². The highest BCUT2D eigenvalue weighted by atomic mass is 35.5. The van der Waals surface area contributed by atoms with E-state index in [1.54, 1.807) is 38.1 Å². The number of nitro benzene ring substituents is 1. The highest BCUT2D eigenvalue weighted by Gasteiger charge is 2.23. The van der Waals surface area contributed by atoms with Crippen LogP contribution in [0.2, 0.25) is 5.02 Å². The molecule has 2 aromatic carbocycles. The van der Waals surface area contributed by atoms with Crippen molar-refractivity contribution in [3.05, 3.63) is 68.7 Å². The molecule has 0 aromatic heterocycles. The number of sulfonamides is 1. The monoisotopic (exact) mass is 438 g/mol. The number of anilines is 1. The summed E-state index contributed by atoms with van der Waals surface area (Å²) in [6.45, 7) is 2.71. The van der Waals surface area contributed by atoms with E-state index in [2.05, 4.69) is 10.5 Å². The van der Waals surface area contributed by atoms with E-state index in [4.69, 9.17) is 11.6 Å². The van der Waals surface area contributed by atoms with Gasteiger partial charge in [0, 0.05) is 22.7 Å². The molecule has 9 nitrogen and oxygen atoms in total. The van der Waals surface area contributed by atoms with Gasteiger partial charge in [0.25, 0.3) is 11.6 Å². The Morgan fingerprint density at radius 3 is 2.55 bits per heavy atom. The average Bonchev–Trinajstić information content (AvgIpc) is 2.66. The minimum atomic E-state index is -3.77. The number of nitrogens with zero attached hydrogens (tertiary/aromatic N) is 3. The van der Waals surface area contributed by atoms with Crippen molar-refractivity contribution in [3.63, 3.8) is 0 Å². The summed E-state index contributed by atoms with van der Waals surface area (Å²) < 4.78 is 25.3. The second-order valence-corrected chi connectivity index (χ2v) is 8.51. The van der Waals surface area contributed by atoms with Crippen LogP contribution in [0.15, 0.2) is 47.6 Å². The summed E-state index contributed by atoms with van der Waals surface area (Å²) in [5.41, 5.74) is 3.75. The Balaban J connectivity index is 2.21. The molecule has 0 heterocycles. The summed E-state index contributed by atoms with van der Waals surface area (Å²) in [5.74, 6) is -0.681. The van der Waals surface area contributed by atoms with Crippen LogP contribution in [0.25, 0.3) is 0 Å². The van der Waals surface area contributed by atoms with Gasteiger partial charge < -0.3 is 0 Å². The molecule has 154 valence electrons. The van der Waals surface area contributed by atoms with E-state index in [1.807, 2.05) is 0 Å². The molecule has 0 spiro atoms. The van der Waals surface area contributed by atoms with Gasteiger partial charge in [0.2, 0.25) is 10.0 Å². The number of hydrogen-bond donors (Lipinski definition) is 1. The lowest BCUT2D eigenvalue weighted by atomic mass is 10.1. The maximum Gasteiger partial charge on any atom is 0.270 e. The van der Waals surface area contributed by atoms with Gasteiger partial charge >= 0.3 is 0 Å². The van der Waals surface area contributed by atoms with Crippen molar-refractivity contribution in [2.45, 2.75) is 13.8 Å². The van der Waals surface area contributed by atoms with E-state index in [0.29, 0.717) is 21.9 Å². The number of halogens is 1. The van der Waals surface area contributed by atoms with E-state index < -0.39 is 27.4 Å². The molecule has 0 atom stereocenters. The van der Waals surface area contributed by atoms with Gasteiger partial charge in [-0.3, -0.25) is 19.2 Å². The lowest BCUT2D eigenvalue weighted by Gasteiger charge is -2.23. The van der Waals surface area contributed by atoms with Crippen LogP contribution in [-0.2, 0) is 14.8 Å². The Bertz CT molecular complexity index is 1090. The van der Waals surface area contributed by atoms with Gasteiger partial charge in [0.05, 0.1) is 22.6 Å². The van der Waals surface area contributed by atoms with Gasteiger partial charge in [-0.1, -0.05) is 29.8 Å². The number of carbonyl (C=O) groups excluding carboxylic acids is 1. The number of benzene rings is 2. The Labute approximate surface area is 173 Å². The SMILES string of the molecule is C/C(=N/NC(=O)CN(c1cccc(Cl)c1C)S(C)(=O)=O)c1cccc([N+](=O)[O-])c1. The second-order valence-electron chi connectivity index (χ2n) is 6.19. The van der Waals surface area contributed by atoms with Crippen molar-refractivity contribution < 1.29 is 18.1 Å². The van der Waals surface area contributed by atoms with Crippen molar-refractivity contribution in [2.75, 3.05) is 17.1 Å². The van der Waals surface area contributed by atoms with Gasteiger partial charge in [-0.25, -0.2) is 13.8 Å². The molecule has 0 saturated heterocycles. The normalized spacial score (nSPS) is 11.8. The summed E-state index contributed by atoms with van der Waals surface area (Å²) >= 11 is 6.06. The zero-order valence-corrected chi connectivity index (χ0v) is 17.5. The second kappa shape index (κ2) is 9.01.